The van der Waals surface area contributed by atoms with E-state index in [1.807, 2.05) is 38.4 Å². The fourth-order valence-electron chi connectivity index (χ4n) is 2.72. The Morgan fingerprint density at radius 1 is 1.38 bits per heavy atom. The molecule has 0 bridgehead atoms. The number of carbonyl (C=O) groups excluding carboxylic acids is 1. The fourth-order valence-corrected chi connectivity index (χ4v) is 2.72. The van der Waals surface area contributed by atoms with Gasteiger partial charge in [0.25, 0.3) is 0 Å². The zero-order valence-corrected chi connectivity index (χ0v) is 16.3. The number of rotatable bonds is 7. The van der Waals surface area contributed by atoms with E-state index in [0.29, 0.717) is 6.61 Å². The summed E-state index contributed by atoms with van der Waals surface area (Å²) in [4.78, 5) is 14.6. The van der Waals surface area contributed by atoms with Gasteiger partial charge >= 0.3 is 0 Å². The first kappa shape index (κ1) is 23.0. The Kier molecular flexibility index (Phi) is 10.3. The third kappa shape index (κ3) is 6.13. The van der Waals surface area contributed by atoms with Crippen LogP contribution in [0.5, 0.6) is 5.75 Å². The number of carbonyl (C=O) groups is 1. The topological polar surface area (TPSA) is 53.6 Å². The predicted molar refractivity (Wildman–Crippen MR) is 104 cm³/mol. The van der Waals surface area contributed by atoms with Crippen LogP contribution in [0.3, 0.4) is 0 Å². The molecule has 0 aromatic heterocycles. The average molecular weight is 378 g/mol. The molecule has 1 atom stereocenters. The molecule has 1 amide bonds. The Morgan fingerprint density at radius 3 is 2.71 bits per heavy atom. The molecule has 1 aromatic carbocycles. The Bertz CT molecular complexity index is 506. The van der Waals surface area contributed by atoms with Crippen molar-refractivity contribution in [1.82, 2.24) is 10.2 Å². The molecule has 2 N–H and O–H groups in total. The number of ether oxygens (including phenoxy) is 1. The molecule has 138 valence electrons. The van der Waals surface area contributed by atoms with Crippen LogP contribution < -0.4 is 15.4 Å². The third-order valence-electron chi connectivity index (χ3n) is 4.18. The van der Waals surface area contributed by atoms with Crippen LogP contribution >= 0.6 is 24.8 Å². The minimum absolute atomic E-state index is 0. The van der Waals surface area contributed by atoms with Gasteiger partial charge in [0.1, 0.15) is 12.4 Å². The maximum atomic E-state index is 12.6. The highest BCUT2D eigenvalue weighted by molar-refractivity contribution is 5.98. The highest BCUT2D eigenvalue weighted by atomic mass is 35.5. The normalized spacial score (nSPS) is 19.3. The summed E-state index contributed by atoms with van der Waals surface area (Å²) in [6, 6.07) is 7.59. The summed E-state index contributed by atoms with van der Waals surface area (Å²) in [5, 5.41) is 6.38. The molecule has 1 saturated heterocycles. The maximum absolute atomic E-state index is 12.6. The third-order valence-corrected chi connectivity index (χ3v) is 4.18. The summed E-state index contributed by atoms with van der Waals surface area (Å²) in [5.41, 5.74) is 0.371. The van der Waals surface area contributed by atoms with Gasteiger partial charge in [-0.1, -0.05) is 13.0 Å². The van der Waals surface area contributed by atoms with Crippen LogP contribution in [-0.2, 0) is 4.79 Å². The molecular formula is C17H29Cl2N3O2. The number of anilines is 1. The quantitative estimate of drug-likeness (QED) is 0.766. The van der Waals surface area contributed by atoms with Crippen LogP contribution in [0.2, 0.25) is 0 Å². The molecule has 1 fully saturated rings. The van der Waals surface area contributed by atoms with E-state index >= 15 is 0 Å². The molecule has 24 heavy (non-hydrogen) atoms. The van der Waals surface area contributed by atoms with Gasteiger partial charge in [0.05, 0.1) is 5.54 Å². The van der Waals surface area contributed by atoms with Gasteiger partial charge in [0.2, 0.25) is 5.91 Å². The van der Waals surface area contributed by atoms with Gasteiger partial charge in [0, 0.05) is 18.3 Å². The lowest BCUT2D eigenvalue weighted by Gasteiger charge is -2.26. The first-order valence-corrected chi connectivity index (χ1v) is 8.00. The van der Waals surface area contributed by atoms with Crippen LogP contribution in [0, 0.1) is 0 Å². The minimum atomic E-state index is -0.415. The molecule has 2 rings (SSSR count). The molecular weight excluding hydrogens is 349 g/mol. The number of nitrogens with one attached hydrogen (secondary N) is 2. The molecule has 1 heterocycles. The summed E-state index contributed by atoms with van der Waals surface area (Å²) in [6.45, 7) is 4.46. The van der Waals surface area contributed by atoms with Crippen LogP contribution in [0.1, 0.15) is 26.2 Å². The monoisotopic (exact) mass is 377 g/mol. The van der Waals surface area contributed by atoms with Crippen LogP contribution in [0.15, 0.2) is 24.3 Å². The van der Waals surface area contributed by atoms with Gasteiger partial charge in [-0.3, -0.25) is 4.79 Å². The molecule has 0 radical (unpaired) electrons. The predicted octanol–water partition coefficient (Wildman–Crippen LogP) is 2.94. The second kappa shape index (κ2) is 10.8. The maximum Gasteiger partial charge on any atom is 0.244 e. The van der Waals surface area contributed by atoms with Gasteiger partial charge < -0.3 is 20.3 Å². The standard InChI is InChI=1S/C17H27N3O2.2ClH/c1-4-17(9-6-10-18-17)16(21)19-14-7-5-8-15(13-14)22-12-11-20(2)3;;/h5,7-8,13,18H,4,6,9-12H2,1-3H3,(H,19,21);2*1H. The summed E-state index contributed by atoms with van der Waals surface area (Å²) in [6.07, 6.45) is 2.75. The lowest BCUT2D eigenvalue weighted by molar-refractivity contribution is -0.122. The van der Waals surface area contributed by atoms with Crippen LogP contribution in [0.25, 0.3) is 0 Å². The van der Waals surface area contributed by atoms with Crippen molar-refractivity contribution in [1.29, 1.82) is 0 Å². The van der Waals surface area contributed by atoms with Gasteiger partial charge in [-0.15, -0.1) is 24.8 Å². The van der Waals surface area contributed by atoms with Crippen molar-refractivity contribution >= 4 is 36.4 Å². The number of nitrogens with zero attached hydrogens (tertiary/aromatic N) is 1. The summed E-state index contributed by atoms with van der Waals surface area (Å²) in [5.74, 6) is 0.836. The molecule has 0 spiro atoms. The first-order chi connectivity index (χ1) is 10.6. The van der Waals surface area contributed by atoms with E-state index in [2.05, 4.69) is 22.5 Å². The van der Waals surface area contributed by atoms with E-state index in [1.54, 1.807) is 0 Å². The molecule has 1 aromatic rings. The second-order valence-corrected chi connectivity index (χ2v) is 6.10. The minimum Gasteiger partial charge on any atom is -0.492 e. The molecule has 1 aliphatic heterocycles. The Balaban J connectivity index is 0.00000264. The van der Waals surface area contributed by atoms with Gasteiger partial charge in [-0.2, -0.15) is 0 Å². The molecule has 5 nitrogen and oxygen atoms in total. The Morgan fingerprint density at radius 2 is 2.12 bits per heavy atom. The average Bonchev–Trinajstić information content (AvgIpc) is 2.97. The summed E-state index contributed by atoms with van der Waals surface area (Å²) >= 11 is 0. The van der Waals surface area contributed by atoms with Crippen molar-refractivity contribution in [2.45, 2.75) is 31.7 Å². The molecule has 7 heteroatoms. The van der Waals surface area contributed by atoms with Crippen molar-refractivity contribution in [3.05, 3.63) is 24.3 Å². The highest BCUT2D eigenvalue weighted by Gasteiger charge is 2.39. The van der Waals surface area contributed by atoms with Gasteiger partial charge in [-0.25, -0.2) is 0 Å². The van der Waals surface area contributed by atoms with Crippen molar-refractivity contribution in [2.24, 2.45) is 0 Å². The van der Waals surface area contributed by atoms with E-state index < -0.39 is 5.54 Å². The van der Waals surface area contributed by atoms with E-state index in [4.69, 9.17) is 4.74 Å². The molecule has 0 aliphatic carbocycles. The highest BCUT2D eigenvalue weighted by Crippen LogP contribution is 2.26. The zero-order chi connectivity index (χ0) is 16.0. The number of likely N-dealkylation sites (N-methyl/N-ethyl adjacent to an activating group) is 1. The number of hydrogen-bond acceptors (Lipinski definition) is 4. The Labute approximate surface area is 157 Å². The first-order valence-electron chi connectivity index (χ1n) is 8.00. The van der Waals surface area contributed by atoms with E-state index in [-0.39, 0.29) is 30.7 Å². The number of hydrogen-bond donors (Lipinski definition) is 2. The van der Waals surface area contributed by atoms with E-state index in [9.17, 15) is 4.79 Å². The zero-order valence-electron chi connectivity index (χ0n) is 14.6. The fraction of sp³-hybridized carbons (Fsp3) is 0.588. The van der Waals surface area contributed by atoms with Crippen molar-refractivity contribution < 1.29 is 9.53 Å². The molecule has 1 unspecified atom stereocenters. The van der Waals surface area contributed by atoms with Crippen molar-refractivity contribution in [3.63, 3.8) is 0 Å². The SMILES string of the molecule is CCC1(C(=O)Nc2cccc(OCCN(C)C)c2)CCCN1.Cl.Cl. The lowest BCUT2D eigenvalue weighted by atomic mass is 9.93. The Hall–Kier alpha value is -1.01. The van der Waals surface area contributed by atoms with E-state index in [1.165, 1.54) is 0 Å². The van der Waals surface area contributed by atoms with Crippen molar-refractivity contribution in [3.8, 4) is 5.75 Å². The van der Waals surface area contributed by atoms with Crippen LogP contribution in [-0.4, -0.2) is 50.1 Å². The van der Waals surface area contributed by atoms with Gasteiger partial charge in [0.15, 0.2) is 0 Å². The number of halogens is 2. The second-order valence-electron chi connectivity index (χ2n) is 6.10. The lowest BCUT2D eigenvalue weighted by Crippen LogP contribution is -2.50. The molecule has 0 saturated carbocycles. The van der Waals surface area contributed by atoms with Crippen molar-refractivity contribution in [2.75, 3.05) is 39.1 Å². The van der Waals surface area contributed by atoms with Crippen LogP contribution in [0.4, 0.5) is 5.69 Å². The largest absolute Gasteiger partial charge is 0.492 e. The summed E-state index contributed by atoms with van der Waals surface area (Å²) in [7, 11) is 4.03. The van der Waals surface area contributed by atoms with Gasteiger partial charge in [-0.05, 0) is 52.0 Å². The summed E-state index contributed by atoms with van der Waals surface area (Å²) < 4.78 is 5.71. The number of benzene rings is 1. The van der Waals surface area contributed by atoms with E-state index in [0.717, 1.165) is 43.8 Å². The smallest absolute Gasteiger partial charge is 0.244 e. The molecule has 1 aliphatic rings. The number of amides is 1.